The molecule has 0 unspecified atom stereocenters. The van der Waals surface area contributed by atoms with Crippen molar-refractivity contribution in [3.8, 4) is 22.3 Å². The van der Waals surface area contributed by atoms with Crippen LogP contribution in [-0.4, -0.2) is 32.4 Å². The average Bonchev–Trinajstić information content (AvgIpc) is 3.19. The molecule has 3 aromatic rings. The van der Waals surface area contributed by atoms with E-state index < -0.39 is 0 Å². The number of aryl methyl sites for hydroxylation is 1. The SMILES string of the molecule is CCOc1ccc(-c2nnc(C3CC(N)C3)n2-c2ccc(C)s2)nc1.Cl.Cl. The van der Waals surface area contributed by atoms with E-state index in [0.29, 0.717) is 12.5 Å². The Bertz CT molecular complexity index is 874. The lowest BCUT2D eigenvalue weighted by Gasteiger charge is -2.31. The van der Waals surface area contributed by atoms with Gasteiger partial charge in [-0.05, 0) is 51.0 Å². The summed E-state index contributed by atoms with van der Waals surface area (Å²) in [5.74, 6) is 2.87. The van der Waals surface area contributed by atoms with Crippen molar-refractivity contribution in [3.05, 3.63) is 41.2 Å². The van der Waals surface area contributed by atoms with Gasteiger partial charge in [-0.2, -0.15) is 0 Å². The Hall–Kier alpha value is -1.67. The van der Waals surface area contributed by atoms with Gasteiger partial charge in [0.25, 0.3) is 0 Å². The summed E-state index contributed by atoms with van der Waals surface area (Å²) < 4.78 is 7.62. The molecule has 0 aromatic carbocycles. The van der Waals surface area contributed by atoms with Crippen molar-refractivity contribution in [3.63, 3.8) is 0 Å². The normalized spacial score (nSPS) is 18.2. The number of nitrogens with zero attached hydrogens (tertiary/aromatic N) is 4. The van der Waals surface area contributed by atoms with Gasteiger partial charge in [-0.25, -0.2) is 4.98 Å². The van der Waals surface area contributed by atoms with E-state index in [4.69, 9.17) is 10.5 Å². The van der Waals surface area contributed by atoms with E-state index in [1.165, 1.54) is 4.88 Å². The molecule has 1 fully saturated rings. The first-order valence-electron chi connectivity index (χ1n) is 8.52. The molecule has 0 bridgehead atoms. The van der Waals surface area contributed by atoms with Crippen LogP contribution >= 0.6 is 36.2 Å². The molecule has 1 aliphatic carbocycles. The van der Waals surface area contributed by atoms with Gasteiger partial charge in [0.1, 0.15) is 22.3 Å². The summed E-state index contributed by atoms with van der Waals surface area (Å²) in [6.45, 7) is 4.68. The van der Waals surface area contributed by atoms with Gasteiger partial charge >= 0.3 is 0 Å². The van der Waals surface area contributed by atoms with Gasteiger partial charge in [-0.3, -0.25) is 4.57 Å². The topological polar surface area (TPSA) is 78.9 Å². The van der Waals surface area contributed by atoms with Gasteiger partial charge in [0, 0.05) is 16.8 Å². The molecule has 3 heterocycles. The fourth-order valence-corrected chi connectivity index (χ4v) is 4.00. The Balaban J connectivity index is 0.00000131. The Morgan fingerprint density at radius 1 is 1.19 bits per heavy atom. The molecule has 0 amide bonds. The summed E-state index contributed by atoms with van der Waals surface area (Å²) in [5, 5.41) is 10.1. The number of ether oxygens (including phenoxy) is 1. The van der Waals surface area contributed by atoms with Gasteiger partial charge < -0.3 is 10.5 Å². The van der Waals surface area contributed by atoms with Crippen LogP contribution in [0.3, 0.4) is 0 Å². The molecule has 6 nitrogen and oxygen atoms in total. The summed E-state index contributed by atoms with van der Waals surface area (Å²) in [6, 6.07) is 8.35. The number of nitrogens with two attached hydrogens (primary N) is 1. The summed E-state index contributed by atoms with van der Waals surface area (Å²) in [7, 11) is 0. The molecule has 2 N–H and O–H groups in total. The molecule has 1 aliphatic rings. The highest BCUT2D eigenvalue weighted by Gasteiger charge is 2.33. The monoisotopic (exact) mass is 427 g/mol. The number of hydrogen-bond donors (Lipinski definition) is 1. The maximum Gasteiger partial charge on any atom is 0.187 e. The van der Waals surface area contributed by atoms with E-state index in [1.54, 1.807) is 17.5 Å². The summed E-state index contributed by atoms with van der Waals surface area (Å²) >= 11 is 1.73. The second-order valence-corrected chi connectivity index (χ2v) is 7.61. The van der Waals surface area contributed by atoms with Crippen molar-refractivity contribution < 1.29 is 4.74 Å². The number of pyridine rings is 1. The van der Waals surface area contributed by atoms with E-state index in [2.05, 4.69) is 38.8 Å². The van der Waals surface area contributed by atoms with Crippen LogP contribution in [-0.2, 0) is 0 Å². The molecule has 0 atom stereocenters. The largest absolute Gasteiger partial charge is 0.492 e. The third kappa shape index (κ3) is 4.27. The summed E-state index contributed by atoms with van der Waals surface area (Å²) in [6.07, 6.45) is 3.65. The third-order valence-corrected chi connectivity index (χ3v) is 5.44. The maximum atomic E-state index is 5.98. The Morgan fingerprint density at radius 3 is 2.52 bits per heavy atom. The highest BCUT2D eigenvalue weighted by atomic mass is 35.5. The number of hydrogen-bond acceptors (Lipinski definition) is 6. The van der Waals surface area contributed by atoms with Gasteiger partial charge in [0.15, 0.2) is 5.82 Å². The maximum absolute atomic E-state index is 5.98. The molecule has 9 heteroatoms. The van der Waals surface area contributed by atoms with Crippen LogP contribution in [0.5, 0.6) is 5.75 Å². The number of rotatable bonds is 5. The Kier molecular flexibility index (Phi) is 7.22. The zero-order valence-corrected chi connectivity index (χ0v) is 17.6. The molecular formula is C18H23Cl2N5OS. The van der Waals surface area contributed by atoms with E-state index in [0.717, 1.165) is 40.9 Å². The van der Waals surface area contributed by atoms with Crippen molar-refractivity contribution in [2.75, 3.05) is 6.61 Å². The predicted octanol–water partition coefficient (Wildman–Crippen LogP) is 4.15. The Labute approximate surface area is 175 Å². The van der Waals surface area contributed by atoms with Crippen molar-refractivity contribution in [1.82, 2.24) is 19.7 Å². The lowest BCUT2D eigenvalue weighted by atomic mass is 9.80. The molecule has 0 saturated heterocycles. The summed E-state index contributed by atoms with van der Waals surface area (Å²) in [5.41, 5.74) is 6.77. The molecule has 0 radical (unpaired) electrons. The number of halogens is 2. The molecule has 0 aliphatic heterocycles. The van der Waals surface area contributed by atoms with E-state index in [-0.39, 0.29) is 30.9 Å². The van der Waals surface area contributed by atoms with Crippen LogP contribution in [0, 0.1) is 6.92 Å². The smallest absolute Gasteiger partial charge is 0.187 e. The van der Waals surface area contributed by atoms with E-state index >= 15 is 0 Å². The minimum Gasteiger partial charge on any atom is -0.492 e. The fraction of sp³-hybridized carbons (Fsp3) is 0.389. The summed E-state index contributed by atoms with van der Waals surface area (Å²) in [4.78, 5) is 5.78. The molecule has 3 aromatic heterocycles. The average molecular weight is 428 g/mol. The van der Waals surface area contributed by atoms with Crippen LogP contribution in [0.1, 0.15) is 36.4 Å². The molecule has 146 valence electrons. The van der Waals surface area contributed by atoms with Gasteiger partial charge in [-0.1, -0.05) is 0 Å². The van der Waals surface area contributed by atoms with Gasteiger partial charge in [-0.15, -0.1) is 46.3 Å². The van der Waals surface area contributed by atoms with Crippen molar-refractivity contribution in [2.24, 2.45) is 5.73 Å². The molecule has 0 spiro atoms. The number of thiophene rings is 1. The molecular weight excluding hydrogens is 405 g/mol. The first-order valence-corrected chi connectivity index (χ1v) is 9.34. The molecule has 4 rings (SSSR count). The second-order valence-electron chi connectivity index (χ2n) is 6.34. The van der Waals surface area contributed by atoms with Crippen LogP contribution in [0.2, 0.25) is 0 Å². The van der Waals surface area contributed by atoms with Crippen molar-refractivity contribution in [2.45, 2.75) is 38.6 Å². The van der Waals surface area contributed by atoms with E-state index in [1.807, 2.05) is 19.1 Å². The lowest BCUT2D eigenvalue weighted by Crippen LogP contribution is -2.36. The van der Waals surface area contributed by atoms with Crippen LogP contribution in [0.4, 0.5) is 0 Å². The molecule has 1 saturated carbocycles. The van der Waals surface area contributed by atoms with Crippen molar-refractivity contribution in [1.29, 1.82) is 0 Å². The standard InChI is InChI=1S/C18H21N5OS.2ClH/c1-3-24-14-5-6-15(20-10-14)18-22-21-17(12-8-13(19)9-12)23(18)16-7-4-11(2)25-16;;/h4-7,10,12-13H,3,8-9,19H2,1-2H3;2*1H. The third-order valence-electron chi connectivity index (χ3n) is 4.45. The first-order chi connectivity index (χ1) is 12.2. The minimum atomic E-state index is 0. The zero-order chi connectivity index (χ0) is 17.4. The molecule has 27 heavy (non-hydrogen) atoms. The predicted molar refractivity (Wildman–Crippen MR) is 113 cm³/mol. The lowest BCUT2D eigenvalue weighted by molar-refractivity contribution is 0.335. The fourth-order valence-electron chi connectivity index (χ4n) is 3.12. The van der Waals surface area contributed by atoms with Gasteiger partial charge in [0.05, 0.1) is 12.8 Å². The van der Waals surface area contributed by atoms with Crippen molar-refractivity contribution >= 4 is 36.2 Å². The van der Waals surface area contributed by atoms with Crippen LogP contribution < -0.4 is 10.5 Å². The quantitative estimate of drug-likeness (QED) is 0.661. The zero-order valence-electron chi connectivity index (χ0n) is 15.2. The number of aromatic nitrogens is 4. The van der Waals surface area contributed by atoms with Crippen LogP contribution in [0.25, 0.3) is 16.5 Å². The first kappa shape index (κ1) is 21.6. The second kappa shape index (κ2) is 9.01. The Morgan fingerprint density at radius 2 is 1.96 bits per heavy atom. The van der Waals surface area contributed by atoms with E-state index in [9.17, 15) is 0 Å². The highest BCUT2D eigenvalue weighted by molar-refractivity contribution is 7.14. The van der Waals surface area contributed by atoms with Gasteiger partial charge in [0.2, 0.25) is 0 Å². The highest BCUT2D eigenvalue weighted by Crippen LogP contribution is 2.38. The van der Waals surface area contributed by atoms with Crippen LogP contribution in [0.15, 0.2) is 30.5 Å². The minimum absolute atomic E-state index is 0.